The van der Waals surface area contributed by atoms with E-state index in [9.17, 15) is 0 Å². The van der Waals surface area contributed by atoms with Gasteiger partial charge in [-0.05, 0) is 48.4 Å². The van der Waals surface area contributed by atoms with Crippen molar-refractivity contribution in [2.75, 3.05) is 24.3 Å². The Morgan fingerprint density at radius 1 is 0.800 bits per heavy atom. The van der Waals surface area contributed by atoms with Gasteiger partial charge in [-0.2, -0.15) is 0 Å². The molecule has 1 N–H and O–H groups in total. The molecule has 1 heterocycles. The van der Waals surface area contributed by atoms with Crippen LogP contribution in [0.25, 0.3) is 22.2 Å². The number of aryl methyl sites for hydroxylation is 1. The summed E-state index contributed by atoms with van der Waals surface area (Å²) in [5.74, 6) is 0. The first kappa shape index (κ1) is 23.1. The van der Waals surface area contributed by atoms with Crippen LogP contribution in [0, 0.1) is 0 Å². The average Bonchev–Trinajstić information content (AvgIpc) is 3.23. The van der Waals surface area contributed by atoms with E-state index in [1.54, 1.807) is 0 Å². The molecule has 5 rings (SSSR count). The highest BCUT2D eigenvalue weighted by Gasteiger charge is 2.26. The van der Waals surface area contributed by atoms with Crippen molar-refractivity contribution in [1.82, 2.24) is 4.57 Å². The van der Waals surface area contributed by atoms with Gasteiger partial charge in [0.15, 0.2) is 0 Å². The second-order valence-electron chi connectivity index (χ2n) is 8.93. The lowest BCUT2D eigenvalue weighted by Gasteiger charge is -2.24. The Hall–Kier alpha value is -3.69. The molecule has 3 nitrogen and oxygen atoms in total. The van der Waals surface area contributed by atoms with Gasteiger partial charge in [-0.3, -0.25) is 0 Å². The Morgan fingerprint density at radius 3 is 2.14 bits per heavy atom. The summed E-state index contributed by atoms with van der Waals surface area (Å²) < 4.78 is 2.43. The number of fused-ring (bicyclic) bond motifs is 1. The highest BCUT2D eigenvalue weighted by molar-refractivity contribution is 6.33. The lowest BCUT2D eigenvalue weighted by Crippen LogP contribution is -2.15. The SMILES string of the molecule is CCn1c(-c2ccccc2)c(C(Nc2ccccc2Cl)c2ccc(N(C)C)cc2)c2ccccc21. The van der Waals surface area contributed by atoms with Crippen LogP contribution in [-0.2, 0) is 6.54 Å². The second-order valence-corrected chi connectivity index (χ2v) is 9.34. The van der Waals surface area contributed by atoms with E-state index < -0.39 is 0 Å². The average molecular weight is 480 g/mol. The van der Waals surface area contributed by atoms with Gasteiger partial charge < -0.3 is 14.8 Å². The summed E-state index contributed by atoms with van der Waals surface area (Å²) in [6.07, 6.45) is 0. The van der Waals surface area contributed by atoms with Crippen LogP contribution in [0.2, 0.25) is 5.02 Å². The predicted octanol–water partition coefficient (Wildman–Crippen LogP) is 8.25. The maximum absolute atomic E-state index is 6.64. The van der Waals surface area contributed by atoms with Crippen LogP contribution >= 0.6 is 11.6 Å². The molecule has 0 spiro atoms. The van der Waals surface area contributed by atoms with Crippen molar-refractivity contribution >= 4 is 33.9 Å². The molecule has 4 aromatic carbocycles. The van der Waals surface area contributed by atoms with Crippen LogP contribution < -0.4 is 10.2 Å². The molecule has 0 fully saturated rings. The molecule has 1 aromatic heterocycles. The van der Waals surface area contributed by atoms with Gasteiger partial charge in [0.05, 0.1) is 22.4 Å². The lowest BCUT2D eigenvalue weighted by molar-refractivity contribution is 0.796. The van der Waals surface area contributed by atoms with E-state index >= 15 is 0 Å². The van der Waals surface area contributed by atoms with Crippen LogP contribution in [0.5, 0.6) is 0 Å². The maximum atomic E-state index is 6.64. The van der Waals surface area contributed by atoms with E-state index in [0.717, 1.165) is 12.2 Å². The third-order valence-corrected chi connectivity index (χ3v) is 6.91. The molecule has 35 heavy (non-hydrogen) atoms. The van der Waals surface area contributed by atoms with E-state index in [2.05, 4.69) is 115 Å². The Morgan fingerprint density at radius 2 is 1.46 bits per heavy atom. The number of nitrogens with one attached hydrogen (secondary N) is 1. The Labute approximate surface area is 212 Å². The van der Waals surface area contributed by atoms with Crippen molar-refractivity contribution in [3.05, 3.63) is 119 Å². The van der Waals surface area contributed by atoms with Crippen LogP contribution in [0.3, 0.4) is 0 Å². The molecular formula is C31H30ClN3. The van der Waals surface area contributed by atoms with Gasteiger partial charge in [0.1, 0.15) is 0 Å². The summed E-state index contributed by atoms with van der Waals surface area (Å²) >= 11 is 6.64. The fourth-order valence-electron chi connectivity index (χ4n) is 4.88. The summed E-state index contributed by atoms with van der Waals surface area (Å²) in [7, 11) is 4.13. The molecule has 1 atom stereocenters. The first-order valence-corrected chi connectivity index (χ1v) is 12.4. The largest absolute Gasteiger partial charge is 0.378 e. The molecular weight excluding hydrogens is 450 g/mol. The van der Waals surface area contributed by atoms with Crippen LogP contribution in [0.4, 0.5) is 11.4 Å². The molecule has 0 saturated heterocycles. The van der Waals surface area contributed by atoms with Gasteiger partial charge in [0.25, 0.3) is 0 Å². The Balaban J connectivity index is 1.80. The number of halogens is 1. The van der Waals surface area contributed by atoms with Crippen molar-refractivity contribution < 1.29 is 0 Å². The van der Waals surface area contributed by atoms with Crippen molar-refractivity contribution in [2.45, 2.75) is 19.5 Å². The van der Waals surface area contributed by atoms with Gasteiger partial charge >= 0.3 is 0 Å². The molecule has 0 bridgehead atoms. The number of hydrogen-bond acceptors (Lipinski definition) is 2. The topological polar surface area (TPSA) is 20.2 Å². The van der Waals surface area contributed by atoms with Crippen LogP contribution in [0.1, 0.15) is 24.1 Å². The van der Waals surface area contributed by atoms with Gasteiger partial charge in [-0.25, -0.2) is 0 Å². The first-order valence-electron chi connectivity index (χ1n) is 12.0. The van der Waals surface area contributed by atoms with Crippen LogP contribution in [-0.4, -0.2) is 18.7 Å². The maximum Gasteiger partial charge on any atom is 0.0795 e. The van der Waals surface area contributed by atoms with Gasteiger partial charge in [-0.15, -0.1) is 0 Å². The van der Waals surface area contributed by atoms with Crippen molar-refractivity contribution in [3.63, 3.8) is 0 Å². The summed E-state index contributed by atoms with van der Waals surface area (Å²) in [5, 5.41) is 5.77. The highest BCUT2D eigenvalue weighted by atomic mass is 35.5. The second kappa shape index (κ2) is 9.89. The Bertz CT molecular complexity index is 1440. The minimum atomic E-state index is -0.0981. The molecule has 0 saturated carbocycles. The first-order chi connectivity index (χ1) is 17.1. The highest BCUT2D eigenvalue weighted by Crippen LogP contribution is 2.42. The fraction of sp³-hybridized carbons (Fsp3) is 0.161. The minimum Gasteiger partial charge on any atom is -0.378 e. The normalized spacial score (nSPS) is 12.0. The third kappa shape index (κ3) is 4.40. The van der Waals surface area contributed by atoms with E-state index in [-0.39, 0.29) is 6.04 Å². The molecule has 5 aromatic rings. The lowest BCUT2D eigenvalue weighted by atomic mass is 9.93. The van der Waals surface area contributed by atoms with E-state index in [1.807, 2.05) is 24.3 Å². The smallest absolute Gasteiger partial charge is 0.0795 e. The van der Waals surface area contributed by atoms with Gasteiger partial charge in [-0.1, -0.05) is 84.4 Å². The zero-order valence-electron chi connectivity index (χ0n) is 20.4. The molecule has 0 aliphatic heterocycles. The molecule has 0 amide bonds. The Kier molecular flexibility index (Phi) is 6.52. The summed E-state index contributed by atoms with van der Waals surface area (Å²) in [6.45, 7) is 3.09. The minimum absolute atomic E-state index is 0.0981. The monoisotopic (exact) mass is 479 g/mol. The number of anilines is 2. The molecule has 0 radical (unpaired) electrons. The molecule has 1 unspecified atom stereocenters. The number of nitrogens with zero attached hydrogens (tertiary/aromatic N) is 2. The van der Waals surface area contributed by atoms with E-state index in [1.165, 1.54) is 39.0 Å². The van der Waals surface area contributed by atoms with Crippen molar-refractivity contribution in [1.29, 1.82) is 0 Å². The van der Waals surface area contributed by atoms with Crippen LogP contribution in [0.15, 0.2) is 103 Å². The third-order valence-electron chi connectivity index (χ3n) is 6.58. The quantitative estimate of drug-likeness (QED) is 0.253. The summed E-state index contributed by atoms with van der Waals surface area (Å²) in [4.78, 5) is 2.12. The number of para-hydroxylation sites is 2. The molecule has 4 heteroatoms. The fourth-order valence-corrected chi connectivity index (χ4v) is 5.07. The molecule has 176 valence electrons. The summed E-state index contributed by atoms with van der Waals surface area (Å²) in [5.41, 5.74) is 8.21. The number of aromatic nitrogens is 1. The van der Waals surface area contributed by atoms with E-state index in [0.29, 0.717) is 5.02 Å². The zero-order valence-corrected chi connectivity index (χ0v) is 21.1. The number of benzene rings is 4. The number of hydrogen-bond donors (Lipinski definition) is 1. The number of rotatable bonds is 7. The predicted molar refractivity (Wildman–Crippen MR) is 151 cm³/mol. The van der Waals surface area contributed by atoms with E-state index in [4.69, 9.17) is 11.6 Å². The van der Waals surface area contributed by atoms with Crippen molar-refractivity contribution in [2.24, 2.45) is 0 Å². The zero-order chi connectivity index (χ0) is 24.4. The molecule has 0 aliphatic rings. The van der Waals surface area contributed by atoms with Gasteiger partial charge in [0.2, 0.25) is 0 Å². The standard InChI is InChI=1S/C31H30ClN3/c1-4-35-28-17-11-8-14-25(28)29(31(35)23-12-6-5-7-13-23)30(33-27-16-10-9-15-26(27)32)22-18-20-24(21-19-22)34(2)3/h5-21,30,33H,4H2,1-3H3. The van der Waals surface area contributed by atoms with Crippen molar-refractivity contribution in [3.8, 4) is 11.3 Å². The van der Waals surface area contributed by atoms with Gasteiger partial charge in [0, 0.05) is 42.8 Å². The molecule has 0 aliphatic carbocycles. The summed E-state index contributed by atoms with van der Waals surface area (Å²) in [6, 6.07) is 36.1.